The van der Waals surface area contributed by atoms with Crippen LogP contribution in [0.3, 0.4) is 0 Å². The highest BCUT2D eigenvalue weighted by atomic mass is 19.1. The van der Waals surface area contributed by atoms with Crippen LogP contribution in [0.5, 0.6) is 0 Å². The van der Waals surface area contributed by atoms with Crippen LogP contribution in [0.25, 0.3) is 0 Å². The summed E-state index contributed by atoms with van der Waals surface area (Å²) in [6.45, 7) is 2.87. The van der Waals surface area contributed by atoms with Gasteiger partial charge in [-0.15, -0.1) is 0 Å². The zero-order valence-corrected chi connectivity index (χ0v) is 13.6. The van der Waals surface area contributed by atoms with E-state index in [0.717, 1.165) is 5.56 Å². The Bertz CT molecular complexity index is 481. The molecule has 128 valence electrons. The van der Waals surface area contributed by atoms with Gasteiger partial charge in [-0.3, -0.25) is 4.79 Å². The van der Waals surface area contributed by atoms with Gasteiger partial charge >= 0.3 is 5.97 Å². The van der Waals surface area contributed by atoms with Gasteiger partial charge in [-0.25, -0.2) is 9.18 Å². The number of rotatable bonds is 10. The lowest BCUT2D eigenvalue weighted by atomic mass is 9.99. The standard InChI is InChI=1S/C17H24FNO4/c1-3-13(2)16(19-15(20)12-22-10-9-18)17(21)23-11-14-7-5-4-6-8-14/h4-8,13,16H,3,9-12H2,1-2H3,(H,19,20)/t13-,16-/m0/s1. The van der Waals surface area contributed by atoms with Crippen LogP contribution in [0.1, 0.15) is 25.8 Å². The van der Waals surface area contributed by atoms with Gasteiger partial charge in [0.1, 0.15) is 25.9 Å². The Morgan fingerprint density at radius 2 is 1.96 bits per heavy atom. The zero-order valence-electron chi connectivity index (χ0n) is 13.6. The molecule has 0 aliphatic carbocycles. The molecule has 1 amide bonds. The summed E-state index contributed by atoms with van der Waals surface area (Å²) in [5.41, 5.74) is 0.876. The topological polar surface area (TPSA) is 64.6 Å². The van der Waals surface area contributed by atoms with Crippen LogP contribution in [0.4, 0.5) is 4.39 Å². The summed E-state index contributed by atoms with van der Waals surface area (Å²) in [7, 11) is 0. The van der Waals surface area contributed by atoms with Crippen molar-refractivity contribution in [1.29, 1.82) is 0 Å². The molecule has 1 rings (SSSR count). The number of halogens is 1. The number of benzene rings is 1. The Hall–Kier alpha value is -1.95. The smallest absolute Gasteiger partial charge is 0.329 e. The highest BCUT2D eigenvalue weighted by Gasteiger charge is 2.27. The summed E-state index contributed by atoms with van der Waals surface area (Å²) in [4.78, 5) is 24.0. The third kappa shape index (κ3) is 7.23. The minimum absolute atomic E-state index is 0.0802. The minimum atomic E-state index is -0.745. The second kappa shape index (κ2) is 10.7. The third-order valence-corrected chi connectivity index (χ3v) is 3.46. The number of hydrogen-bond donors (Lipinski definition) is 1. The van der Waals surface area contributed by atoms with E-state index in [4.69, 9.17) is 9.47 Å². The molecule has 1 N–H and O–H groups in total. The SMILES string of the molecule is CC[C@H](C)[C@H](NC(=O)COCCF)C(=O)OCc1ccccc1. The molecule has 0 aromatic heterocycles. The minimum Gasteiger partial charge on any atom is -0.459 e. The van der Waals surface area contributed by atoms with Crippen molar-refractivity contribution in [2.45, 2.75) is 32.9 Å². The molecular formula is C17H24FNO4. The monoisotopic (exact) mass is 325 g/mol. The van der Waals surface area contributed by atoms with Crippen LogP contribution in [-0.4, -0.2) is 37.8 Å². The van der Waals surface area contributed by atoms with E-state index >= 15 is 0 Å². The van der Waals surface area contributed by atoms with Gasteiger partial charge in [0.25, 0.3) is 0 Å². The fourth-order valence-electron chi connectivity index (χ4n) is 1.92. The molecule has 0 aliphatic heterocycles. The highest BCUT2D eigenvalue weighted by molar-refractivity contribution is 5.85. The van der Waals surface area contributed by atoms with Crippen molar-refractivity contribution in [2.24, 2.45) is 5.92 Å². The van der Waals surface area contributed by atoms with Gasteiger partial charge in [-0.1, -0.05) is 50.6 Å². The number of esters is 1. The van der Waals surface area contributed by atoms with E-state index in [1.54, 1.807) is 0 Å². The largest absolute Gasteiger partial charge is 0.459 e. The molecule has 1 aromatic carbocycles. The van der Waals surface area contributed by atoms with Crippen molar-refractivity contribution < 1.29 is 23.5 Å². The molecule has 1 aromatic rings. The second-order valence-corrected chi connectivity index (χ2v) is 5.27. The Morgan fingerprint density at radius 1 is 1.26 bits per heavy atom. The Balaban J connectivity index is 2.55. The van der Waals surface area contributed by atoms with Gasteiger partial charge in [0, 0.05) is 0 Å². The maximum absolute atomic E-state index is 12.2. The van der Waals surface area contributed by atoms with E-state index in [1.165, 1.54) is 0 Å². The molecule has 0 saturated heterocycles. The van der Waals surface area contributed by atoms with Gasteiger partial charge in [-0.05, 0) is 11.5 Å². The molecule has 23 heavy (non-hydrogen) atoms. The number of ether oxygens (including phenoxy) is 2. The van der Waals surface area contributed by atoms with Crippen LogP contribution in [0.15, 0.2) is 30.3 Å². The molecule has 0 spiro atoms. The number of amides is 1. The predicted octanol–water partition coefficient (Wildman–Crippen LogP) is 2.25. The Kier molecular flexibility index (Phi) is 8.90. The van der Waals surface area contributed by atoms with Gasteiger partial charge in [0.15, 0.2) is 0 Å². The first-order valence-electron chi connectivity index (χ1n) is 7.72. The average Bonchev–Trinajstić information content (AvgIpc) is 2.58. The molecule has 2 atom stereocenters. The molecule has 0 heterocycles. The highest BCUT2D eigenvalue weighted by Crippen LogP contribution is 2.11. The van der Waals surface area contributed by atoms with Gasteiger partial charge in [-0.2, -0.15) is 0 Å². The van der Waals surface area contributed by atoms with Crippen LogP contribution < -0.4 is 5.32 Å². The molecule has 0 aliphatic rings. The fourth-order valence-corrected chi connectivity index (χ4v) is 1.92. The van der Waals surface area contributed by atoms with Crippen molar-refractivity contribution in [3.63, 3.8) is 0 Å². The summed E-state index contributed by atoms with van der Waals surface area (Å²) >= 11 is 0. The molecule has 0 saturated carbocycles. The number of carbonyl (C=O) groups is 2. The van der Waals surface area contributed by atoms with Crippen molar-refractivity contribution in [1.82, 2.24) is 5.32 Å². The molecule has 0 bridgehead atoms. The van der Waals surface area contributed by atoms with Crippen molar-refractivity contribution >= 4 is 11.9 Å². The third-order valence-electron chi connectivity index (χ3n) is 3.46. The summed E-state index contributed by atoms with van der Waals surface area (Å²) in [6.07, 6.45) is 0.705. The maximum Gasteiger partial charge on any atom is 0.329 e. The van der Waals surface area contributed by atoms with Gasteiger partial charge in [0.05, 0.1) is 6.61 Å². The summed E-state index contributed by atoms with van der Waals surface area (Å²) in [5, 5.41) is 2.60. The lowest BCUT2D eigenvalue weighted by molar-refractivity contribution is -0.151. The van der Waals surface area contributed by atoms with Gasteiger partial charge < -0.3 is 14.8 Å². The molecule has 0 fully saturated rings. The molecule has 0 unspecified atom stereocenters. The predicted molar refractivity (Wildman–Crippen MR) is 84.4 cm³/mol. The van der Waals surface area contributed by atoms with Crippen molar-refractivity contribution in [3.8, 4) is 0 Å². The lowest BCUT2D eigenvalue weighted by Gasteiger charge is -2.22. The first kappa shape index (κ1) is 19.1. The van der Waals surface area contributed by atoms with E-state index in [0.29, 0.717) is 6.42 Å². The second-order valence-electron chi connectivity index (χ2n) is 5.27. The van der Waals surface area contributed by atoms with Crippen molar-refractivity contribution in [3.05, 3.63) is 35.9 Å². The van der Waals surface area contributed by atoms with E-state index in [9.17, 15) is 14.0 Å². The van der Waals surface area contributed by atoms with Crippen LogP contribution in [0, 0.1) is 5.92 Å². The Labute approximate surface area is 136 Å². The van der Waals surface area contributed by atoms with E-state index in [-0.39, 0.29) is 25.7 Å². The Morgan fingerprint density at radius 3 is 2.57 bits per heavy atom. The van der Waals surface area contributed by atoms with E-state index in [2.05, 4.69) is 5.32 Å². The lowest BCUT2D eigenvalue weighted by Crippen LogP contribution is -2.47. The summed E-state index contributed by atoms with van der Waals surface area (Å²) in [5.74, 6) is -1.02. The number of alkyl halides is 1. The van der Waals surface area contributed by atoms with E-state index in [1.807, 2.05) is 44.2 Å². The van der Waals surface area contributed by atoms with Crippen LogP contribution in [-0.2, 0) is 25.7 Å². The first-order valence-corrected chi connectivity index (χ1v) is 7.72. The molecule has 6 heteroatoms. The first-order chi connectivity index (χ1) is 11.1. The molecular weight excluding hydrogens is 301 g/mol. The number of hydrogen-bond acceptors (Lipinski definition) is 4. The normalized spacial score (nSPS) is 13.2. The maximum atomic E-state index is 12.2. The fraction of sp³-hybridized carbons (Fsp3) is 0.529. The number of nitrogens with one attached hydrogen (secondary N) is 1. The summed E-state index contributed by atoms with van der Waals surface area (Å²) < 4.78 is 22.1. The summed E-state index contributed by atoms with van der Waals surface area (Å²) in [6, 6.07) is 8.57. The van der Waals surface area contributed by atoms with Gasteiger partial charge in [0.2, 0.25) is 5.91 Å². The average molecular weight is 325 g/mol. The van der Waals surface area contributed by atoms with E-state index < -0.39 is 24.6 Å². The van der Waals surface area contributed by atoms with Crippen molar-refractivity contribution in [2.75, 3.05) is 19.9 Å². The van der Waals surface area contributed by atoms with Crippen LogP contribution in [0.2, 0.25) is 0 Å². The van der Waals surface area contributed by atoms with Crippen LogP contribution >= 0.6 is 0 Å². The zero-order chi connectivity index (χ0) is 17.1. The quantitative estimate of drug-likeness (QED) is 0.529. The molecule has 5 nitrogen and oxygen atoms in total. The molecule has 0 radical (unpaired) electrons. The number of carbonyl (C=O) groups excluding carboxylic acids is 2.